The first kappa shape index (κ1) is 18.3. The molecule has 0 atom stereocenters. The van der Waals surface area contributed by atoms with Crippen LogP contribution in [0.4, 0.5) is 0 Å². The van der Waals surface area contributed by atoms with Gasteiger partial charge in [-0.05, 0) is 50.5 Å². The average molecular weight is 357 g/mol. The van der Waals surface area contributed by atoms with Crippen LogP contribution in [0.3, 0.4) is 0 Å². The topological polar surface area (TPSA) is 56.6 Å². The van der Waals surface area contributed by atoms with Gasteiger partial charge in [-0.25, -0.2) is 0 Å². The molecule has 1 amide bonds. The molecule has 0 aliphatic carbocycles. The maximum absolute atomic E-state index is 12.9. The lowest BCUT2D eigenvalue weighted by Crippen LogP contribution is -2.28. The van der Waals surface area contributed by atoms with Gasteiger partial charge in [0.1, 0.15) is 0 Å². The van der Waals surface area contributed by atoms with Crippen molar-refractivity contribution in [2.75, 3.05) is 13.8 Å². The Balaban J connectivity index is 1.80. The van der Waals surface area contributed by atoms with E-state index in [9.17, 15) is 4.79 Å². The molecule has 26 heavy (non-hydrogen) atoms. The largest absolute Gasteiger partial charge is 0.454 e. The summed E-state index contributed by atoms with van der Waals surface area (Å²) in [7, 11) is 1.79. The second-order valence-electron chi connectivity index (χ2n) is 8.04. The van der Waals surface area contributed by atoms with Crippen molar-refractivity contribution in [1.29, 1.82) is 0 Å². The number of fused-ring (bicyclic) bond motifs is 1. The van der Waals surface area contributed by atoms with Crippen LogP contribution >= 0.6 is 0 Å². The lowest BCUT2D eigenvalue weighted by atomic mass is 10.1. The van der Waals surface area contributed by atoms with Crippen LogP contribution in [-0.2, 0) is 12.1 Å². The van der Waals surface area contributed by atoms with Crippen LogP contribution in [0.2, 0.25) is 0 Å². The summed E-state index contributed by atoms with van der Waals surface area (Å²) in [5, 5.41) is 4.60. The van der Waals surface area contributed by atoms with Crippen LogP contribution in [0.1, 0.15) is 62.3 Å². The molecular formula is C20H27N3O3. The fourth-order valence-corrected chi connectivity index (χ4v) is 3.03. The number of amides is 1. The van der Waals surface area contributed by atoms with Crippen molar-refractivity contribution in [3.05, 3.63) is 41.2 Å². The number of benzene rings is 1. The number of hydrogen-bond acceptors (Lipinski definition) is 4. The van der Waals surface area contributed by atoms with Gasteiger partial charge in [0.25, 0.3) is 5.91 Å². The molecule has 6 heteroatoms. The molecule has 6 nitrogen and oxygen atoms in total. The molecular weight excluding hydrogens is 330 g/mol. The van der Waals surface area contributed by atoms with Gasteiger partial charge in [0, 0.05) is 19.3 Å². The maximum atomic E-state index is 12.9. The van der Waals surface area contributed by atoms with E-state index in [1.165, 1.54) is 0 Å². The van der Waals surface area contributed by atoms with E-state index in [0.29, 0.717) is 18.2 Å². The number of carbonyl (C=O) groups is 1. The van der Waals surface area contributed by atoms with Crippen molar-refractivity contribution in [2.45, 2.75) is 52.6 Å². The highest BCUT2D eigenvalue weighted by Gasteiger charge is 2.25. The van der Waals surface area contributed by atoms with Gasteiger partial charge in [0.05, 0.1) is 5.54 Å². The van der Waals surface area contributed by atoms with Crippen molar-refractivity contribution in [2.24, 2.45) is 0 Å². The molecule has 0 saturated heterocycles. The quantitative estimate of drug-likeness (QED) is 0.836. The fraction of sp³-hybridized carbons (Fsp3) is 0.500. The third kappa shape index (κ3) is 3.54. The summed E-state index contributed by atoms with van der Waals surface area (Å²) in [6.45, 7) is 11.2. The molecule has 2 heterocycles. The van der Waals surface area contributed by atoms with E-state index in [0.717, 1.165) is 22.8 Å². The number of ether oxygens (including phenoxy) is 2. The molecule has 0 saturated carbocycles. The van der Waals surface area contributed by atoms with Crippen LogP contribution in [0, 0.1) is 0 Å². The molecule has 0 bridgehead atoms. The Labute approximate surface area is 154 Å². The van der Waals surface area contributed by atoms with Gasteiger partial charge in [-0.15, -0.1) is 0 Å². The van der Waals surface area contributed by atoms with Crippen LogP contribution in [0.5, 0.6) is 11.5 Å². The zero-order chi connectivity index (χ0) is 19.1. The van der Waals surface area contributed by atoms with E-state index in [1.54, 1.807) is 11.9 Å². The van der Waals surface area contributed by atoms with Crippen LogP contribution < -0.4 is 9.47 Å². The average Bonchev–Trinajstić information content (AvgIpc) is 3.20. The summed E-state index contributed by atoms with van der Waals surface area (Å²) in [4.78, 5) is 14.6. The second kappa shape index (κ2) is 6.67. The Morgan fingerprint density at radius 1 is 1.23 bits per heavy atom. The lowest BCUT2D eigenvalue weighted by Gasteiger charge is -2.23. The smallest absolute Gasteiger partial charge is 0.274 e. The maximum Gasteiger partial charge on any atom is 0.274 e. The highest BCUT2D eigenvalue weighted by atomic mass is 16.7. The first-order valence-electron chi connectivity index (χ1n) is 8.91. The fourth-order valence-electron chi connectivity index (χ4n) is 3.03. The van der Waals surface area contributed by atoms with Crippen molar-refractivity contribution in [1.82, 2.24) is 14.7 Å². The summed E-state index contributed by atoms with van der Waals surface area (Å²) >= 11 is 0. The normalized spacial score (nSPS) is 13.3. The molecule has 0 radical (unpaired) electrons. The zero-order valence-electron chi connectivity index (χ0n) is 16.4. The number of aromatic nitrogens is 2. The highest BCUT2D eigenvalue weighted by molar-refractivity contribution is 5.92. The highest BCUT2D eigenvalue weighted by Crippen LogP contribution is 2.33. The third-order valence-electron chi connectivity index (χ3n) is 4.39. The molecule has 1 aromatic heterocycles. The Hall–Kier alpha value is -2.50. The molecule has 0 N–H and O–H groups in total. The molecule has 2 aromatic rings. The Morgan fingerprint density at radius 3 is 2.54 bits per heavy atom. The minimum absolute atomic E-state index is 0.0902. The monoisotopic (exact) mass is 357 g/mol. The first-order valence-corrected chi connectivity index (χ1v) is 8.91. The molecule has 1 aliphatic heterocycles. The van der Waals surface area contributed by atoms with Crippen LogP contribution in [0.15, 0.2) is 24.3 Å². The standard InChI is InChI=1S/C20H27N3O3/c1-13(2)16-10-15(21-23(16)20(3,4)5)19(24)22(6)11-14-7-8-17-18(9-14)26-12-25-17/h7-10,13H,11-12H2,1-6H3. The predicted octanol–water partition coefficient (Wildman–Crippen LogP) is 3.76. The summed E-state index contributed by atoms with van der Waals surface area (Å²) < 4.78 is 12.7. The van der Waals surface area contributed by atoms with Crippen molar-refractivity contribution in [3.8, 4) is 11.5 Å². The van der Waals surface area contributed by atoms with Crippen molar-refractivity contribution < 1.29 is 14.3 Å². The molecule has 0 fully saturated rings. The van der Waals surface area contributed by atoms with E-state index >= 15 is 0 Å². The zero-order valence-corrected chi connectivity index (χ0v) is 16.4. The van der Waals surface area contributed by atoms with E-state index in [1.807, 2.05) is 28.9 Å². The summed E-state index contributed by atoms with van der Waals surface area (Å²) in [6, 6.07) is 7.65. The summed E-state index contributed by atoms with van der Waals surface area (Å²) in [5.41, 5.74) is 2.36. The van der Waals surface area contributed by atoms with E-state index in [-0.39, 0.29) is 18.2 Å². The van der Waals surface area contributed by atoms with E-state index < -0.39 is 0 Å². The number of nitrogens with zero attached hydrogens (tertiary/aromatic N) is 3. The number of carbonyl (C=O) groups excluding carboxylic acids is 1. The molecule has 1 aromatic carbocycles. The minimum atomic E-state index is -0.173. The lowest BCUT2D eigenvalue weighted by molar-refractivity contribution is 0.0777. The van der Waals surface area contributed by atoms with Gasteiger partial charge < -0.3 is 14.4 Å². The first-order chi connectivity index (χ1) is 12.2. The van der Waals surface area contributed by atoms with Gasteiger partial charge in [0.15, 0.2) is 17.2 Å². The van der Waals surface area contributed by atoms with Gasteiger partial charge in [-0.2, -0.15) is 5.10 Å². The molecule has 3 rings (SSSR count). The Morgan fingerprint density at radius 2 is 1.92 bits per heavy atom. The molecule has 140 valence electrons. The van der Waals surface area contributed by atoms with Crippen molar-refractivity contribution >= 4 is 5.91 Å². The van der Waals surface area contributed by atoms with Crippen LogP contribution in [0.25, 0.3) is 0 Å². The van der Waals surface area contributed by atoms with Gasteiger partial charge in [0.2, 0.25) is 6.79 Å². The van der Waals surface area contributed by atoms with E-state index in [2.05, 4.69) is 39.7 Å². The third-order valence-corrected chi connectivity index (χ3v) is 4.39. The second-order valence-corrected chi connectivity index (χ2v) is 8.04. The molecule has 0 unspecified atom stereocenters. The summed E-state index contributed by atoms with van der Waals surface area (Å²) in [6.07, 6.45) is 0. The molecule has 0 spiro atoms. The summed E-state index contributed by atoms with van der Waals surface area (Å²) in [5.74, 6) is 1.67. The minimum Gasteiger partial charge on any atom is -0.454 e. The number of rotatable bonds is 4. The SMILES string of the molecule is CC(C)c1cc(C(=O)N(C)Cc2ccc3c(c2)OCO3)nn1C(C)(C)C. The van der Waals surface area contributed by atoms with Gasteiger partial charge in [-0.1, -0.05) is 19.9 Å². The Kier molecular flexibility index (Phi) is 4.69. The van der Waals surface area contributed by atoms with Gasteiger partial charge in [-0.3, -0.25) is 9.48 Å². The van der Waals surface area contributed by atoms with Crippen LogP contribution in [-0.4, -0.2) is 34.4 Å². The predicted molar refractivity (Wildman–Crippen MR) is 99.7 cm³/mol. The molecule has 1 aliphatic rings. The van der Waals surface area contributed by atoms with Crippen molar-refractivity contribution in [3.63, 3.8) is 0 Å². The number of hydrogen-bond donors (Lipinski definition) is 0. The Bertz CT molecular complexity index is 818. The van der Waals surface area contributed by atoms with Gasteiger partial charge >= 0.3 is 0 Å². The van der Waals surface area contributed by atoms with E-state index in [4.69, 9.17) is 9.47 Å².